The van der Waals surface area contributed by atoms with Gasteiger partial charge in [0.15, 0.2) is 0 Å². The van der Waals surface area contributed by atoms with Crippen LogP contribution < -0.4 is 0 Å². The Morgan fingerprint density at radius 2 is 2.20 bits per heavy atom. The van der Waals surface area contributed by atoms with Gasteiger partial charge in [-0.1, -0.05) is 17.4 Å². The Kier molecular flexibility index (Phi) is 3.78. The highest BCUT2D eigenvalue weighted by Gasteiger charge is 2.23. The fourth-order valence-electron chi connectivity index (χ4n) is 1.47. The number of rotatable bonds is 4. The van der Waals surface area contributed by atoms with Gasteiger partial charge in [-0.25, -0.2) is 0 Å². The summed E-state index contributed by atoms with van der Waals surface area (Å²) >= 11 is 0. The van der Waals surface area contributed by atoms with Gasteiger partial charge in [-0.15, -0.1) is 6.42 Å². The van der Waals surface area contributed by atoms with Crippen LogP contribution >= 0.6 is 0 Å². The molecule has 0 radical (unpaired) electrons. The van der Waals surface area contributed by atoms with E-state index in [9.17, 15) is 0 Å². The van der Waals surface area contributed by atoms with Crippen LogP contribution in [-0.2, 0) is 0 Å². The van der Waals surface area contributed by atoms with Crippen molar-refractivity contribution in [3.05, 3.63) is 35.3 Å². The second-order valence-corrected chi connectivity index (χ2v) is 4.39. The molecule has 1 aliphatic rings. The molecule has 0 saturated carbocycles. The van der Waals surface area contributed by atoms with Crippen LogP contribution in [0.5, 0.6) is 0 Å². The van der Waals surface area contributed by atoms with Gasteiger partial charge in [0.05, 0.1) is 6.54 Å². The van der Waals surface area contributed by atoms with Gasteiger partial charge in [0.2, 0.25) is 0 Å². The molecule has 0 spiro atoms. The lowest BCUT2D eigenvalue weighted by molar-refractivity contribution is 0.177. The van der Waals surface area contributed by atoms with Gasteiger partial charge in [-0.05, 0) is 51.1 Å². The van der Waals surface area contributed by atoms with Gasteiger partial charge >= 0.3 is 0 Å². The lowest BCUT2D eigenvalue weighted by Gasteiger charge is -2.34. The van der Waals surface area contributed by atoms with Crippen molar-refractivity contribution >= 4 is 0 Å². The van der Waals surface area contributed by atoms with E-state index >= 15 is 0 Å². The third-order valence-corrected chi connectivity index (χ3v) is 2.72. The maximum absolute atomic E-state index is 5.32. The summed E-state index contributed by atoms with van der Waals surface area (Å²) in [7, 11) is 2.05. The molecule has 0 heterocycles. The minimum Gasteiger partial charge on any atom is -0.290 e. The fraction of sp³-hybridized carbons (Fsp3) is 0.429. The molecule has 0 saturated heterocycles. The summed E-state index contributed by atoms with van der Waals surface area (Å²) in [6.07, 6.45) is 12.2. The van der Waals surface area contributed by atoms with Gasteiger partial charge in [0, 0.05) is 5.54 Å². The topological polar surface area (TPSA) is 3.24 Å². The van der Waals surface area contributed by atoms with E-state index < -0.39 is 0 Å². The number of nitrogens with zero attached hydrogens (tertiary/aromatic N) is 1. The van der Waals surface area contributed by atoms with Crippen LogP contribution in [0.1, 0.15) is 20.3 Å². The summed E-state index contributed by atoms with van der Waals surface area (Å²) < 4.78 is 0. The number of terminal acetylenes is 1. The Hall–Kier alpha value is -1.44. The van der Waals surface area contributed by atoms with Gasteiger partial charge in [-0.2, -0.15) is 0 Å². The third kappa shape index (κ3) is 3.31. The Bertz CT molecular complexity index is 392. The quantitative estimate of drug-likeness (QED) is 0.497. The molecule has 0 aromatic carbocycles. The summed E-state index contributed by atoms with van der Waals surface area (Å²) in [5.41, 5.74) is 7.21. The van der Waals surface area contributed by atoms with Crippen LogP contribution in [0.15, 0.2) is 35.3 Å². The molecule has 1 heteroatoms. The lowest BCUT2D eigenvalue weighted by Crippen LogP contribution is -2.41. The maximum atomic E-state index is 5.32. The van der Waals surface area contributed by atoms with Crippen LogP contribution in [0.3, 0.4) is 0 Å². The highest BCUT2D eigenvalue weighted by Crippen LogP contribution is 2.22. The molecule has 0 bridgehead atoms. The van der Waals surface area contributed by atoms with Crippen molar-refractivity contribution in [2.24, 2.45) is 0 Å². The summed E-state index contributed by atoms with van der Waals surface area (Å²) in [4.78, 5) is 2.18. The predicted molar refractivity (Wildman–Crippen MR) is 64.4 cm³/mol. The first-order valence-corrected chi connectivity index (χ1v) is 5.07. The second-order valence-electron chi connectivity index (χ2n) is 4.39. The highest BCUT2D eigenvalue weighted by molar-refractivity contribution is 5.28. The highest BCUT2D eigenvalue weighted by atomic mass is 15.2. The van der Waals surface area contributed by atoms with Crippen molar-refractivity contribution in [3.63, 3.8) is 0 Å². The van der Waals surface area contributed by atoms with Gasteiger partial charge in [-0.3, -0.25) is 4.90 Å². The molecule has 15 heavy (non-hydrogen) atoms. The molecular weight excluding hydrogens is 182 g/mol. The Morgan fingerprint density at radius 1 is 1.47 bits per heavy atom. The summed E-state index contributed by atoms with van der Waals surface area (Å²) in [6.45, 7) is 5.07. The normalized spacial score (nSPS) is 14.2. The fourth-order valence-corrected chi connectivity index (χ4v) is 1.47. The van der Waals surface area contributed by atoms with Crippen molar-refractivity contribution in [3.8, 4) is 12.3 Å². The monoisotopic (exact) mass is 199 g/mol. The van der Waals surface area contributed by atoms with E-state index in [-0.39, 0.29) is 5.54 Å². The summed E-state index contributed by atoms with van der Waals surface area (Å²) in [5.74, 6) is 2.67. The van der Waals surface area contributed by atoms with Crippen molar-refractivity contribution < 1.29 is 0 Å². The van der Waals surface area contributed by atoms with E-state index in [1.807, 2.05) is 12.2 Å². The number of allylic oxidation sites excluding steroid dienone is 3. The van der Waals surface area contributed by atoms with E-state index in [0.29, 0.717) is 6.54 Å². The van der Waals surface area contributed by atoms with Crippen molar-refractivity contribution in [2.45, 2.75) is 25.8 Å². The Balaban J connectivity index is 2.65. The Morgan fingerprint density at radius 3 is 2.73 bits per heavy atom. The van der Waals surface area contributed by atoms with Crippen molar-refractivity contribution in [1.29, 1.82) is 0 Å². The molecule has 0 atom stereocenters. The van der Waals surface area contributed by atoms with Crippen LogP contribution in [-0.4, -0.2) is 24.0 Å². The van der Waals surface area contributed by atoms with E-state index in [1.165, 1.54) is 5.57 Å². The number of hydrogen-bond acceptors (Lipinski definition) is 1. The van der Waals surface area contributed by atoms with Crippen LogP contribution in [0.4, 0.5) is 0 Å². The van der Waals surface area contributed by atoms with Crippen LogP contribution in [0.2, 0.25) is 0 Å². The van der Waals surface area contributed by atoms with Crippen molar-refractivity contribution in [1.82, 2.24) is 4.90 Å². The smallest absolute Gasteiger partial charge is 0.0600 e. The van der Waals surface area contributed by atoms with E-state index in [4.69, 9.17) is 6.42 Å². The molecule has 0 unspecified atom stereocenters. The minimum atomic E-state index is 0.0710. The summed E-state index contributed by atoms with van der Waals surface area (Å²) in [6, 6.07) is 0. The van der Waals surface area contributed by atoms with Crippen LogP contribution in [0, 0.1) is 12.3 Å². The molecule has 0 N–H and O–H groups in total. The maximum Gasteiger partial charge on any atom is 0.0600 e. The molecule has 0 aromatic heterocycles. The molecule has 0 amide bonds. The molecule has 0 aromatic rings. The number of hydrogen-bond donors (Lipinski definition) is 0. The predicted octanol–water partition coefficient (Wildman–Crippen LogP) is 2.53. The van der Waals surface area contributed by atoms with Crippen molar-refractivity contribution in [2.75, 3.05) is 13.6 Å². The van der Waals surface area contributed by atoms with E-state index in [0.717, 1.165) is 6.42 Å². The molecular formula is C14H17N. The molecule has 0 aliphatic heterocycles. The van der Waals surface area contributed by atoms with Gasteiger partial charge < -0.3 is 0 Å². The first-order chi connectivity index (χ1) is 7.06. The van der Waals surface area contributed by atoms with Gasteiger partial charge in [0.1, 0.15) is 0 Å². The first kappa shape index (κ1) is 11.6. The lowest BCUT2D eigenvalue weighted by atomic mass is 9.92. The standard InChI is InChI=1S/C14H17N/c1-5-11-15(4)14(2,3)12-13-9-7-6-8-10-13/h1,7,9-10H,11-12H2,2-4H3. The SMILES string of the molecule is C#CCN(C)C(C)(C)CC1=CC=C=C=C1. The summed E-state index contributed by atoms with van der Waals surface area (Å²) in [5, 5.41) is 0. The Labute approximate surface area is 92.5 Å². The molecule has 0 fully saturated rings. The van der Waals surface area contributed by atoms with Gasteiger partial charge in [0.25, 0.3) is 0 Å². The van der Waals surface area contributed by atoms with Crippen LogP contribution in [0.25, 0.3) is 0 Å². The molecule has 1 nitrogen and oxygen atoms in total. The average Bonchev–Trinajstić information content (AvgIpc) is 2.19. The largest absolute Gasteiger partial charge is 0.290 e. The average molecular weight is 199 g/mol. The third-order valence-electron chi connectivity index (χ3n) is 2.72. The molecule has 1 aliphatic carbocycles. The zero-order chi connectivity index (χ0) is 11.3. The second kappa shape index (κ2) is 4.87. The first-order valence-electron chi connectivity index (χ1n) is 5.07. The minimum absolute atomic E-state index is 0.0710. The van der Waals surface area contributed by atoms with E-state index in [1.54, 1.807) is 0 Å². The zero-order valence-corrected chi connectivity index (χ0v) is 9.67. The van der Waals surface area contributed by atoms with E-state index in [2.05, 4.69) is 49.3 Å². The molecule has 1 rings (SSSR count). The molecule has 78 valence electrons. The zero-order valence-electron chi connectivity index (χ0n) is 9.67.